The van der Waals surface area contributed by atoms with Gasteiger partial charge in [-0.15, -0.1) is 0 Å². The first-order chi connectivity index (χ1) is 14.9. The van der Waals surface area contributed by atoms with Gasteiger partial charge in [0.15, 0.2) is 0 Å². The third-order valence-corrected chi connectivity index (χ3v) is 5.22. The predicted molar refractivity (Wildman–Crippen MR) is 115 cm³/mol. The molecule has 0 bridgehead atoms. The van der Waals surface area contributed by atoms with Crippen LogP contribution in [0.3, 0.4) is 0 Å². The summed E-state index contributed by atoms with van der Waals surface area (Å²) in [5, 5.41) is 31.9. The maximum Gasteiger partial charge on any atom is 0.283 e. The average molecular weight is 431 g/mol. The van der Waals surface area contributed by atoms with E-state index in [0.717, 1.165) is 11.0 Å². The van der Waals surface area contributed by atoms with E-state index >= 15 is 0 Å². The highest BCUT2D eigenvalue weighted by Gasteiger charge is 2.18. The second-order valence-corrected chi connectivity index (χ2v) is 7.32. The van der Waals surface area contributed by atoms with Crippen molar-refractivity contribution in [3.8, 4) is 6.07 Å². The zero-order chi connectivity index (χ0) is 22.4. The maximum atomic E-state index is 12.6. The summed E-state index contributed by atoms with van der Waals surface area (Å²) in [4.78, 5) is 35.2. The molecule has 3 aromatic carbocycles. The van der Waals surface area contributed by atoms with Crippen LogP contribution in [-0.4, -0.2) is 15.6 Å². The minimum Gasteiger partial charge on any atom is -0.288 e. The quantitative estimate of drug-likeness (QED) is 0.160. The van der Waals surface area contributed by atoms with E-state index in [2.05, 4.69) is 0 Å². The summed E-state index contributed by atoms with van der Waals surface area (Å²) < 4.78 is 0. The number of nitro benzene ring substituents is 2. The highest BCUT2D eigenvalue weighted by molar-refractivity contribution is 7.99. The van der Waals surface area contributed by atoms with Gasteiger partial charge in [0.1, 0.15) is 11.6 Å². The van der Waals surface area contributed by atoms with Crippen molar-refractivity contribution < 1.29 is 14.6 Å². The van der Waals surface area contributed by atoms with Crippen LogP contribution in [0, 0.1) is 31.6 Å². The van der Waals surface area contributed by atoms with Crippen LogP contribution in [0.5, 0.6) is 0 Å². The highest BCUT2D eigenvalue weighted by atomic mass is 32.2. The Hall–Kier alpha value is -4.29. The number of nitrogens with zero attached hydrogens (tertiary/aromatic N) is 3. The number of nitriles is 1. The molecule has 0 aliphatic rings. The minimum absolute atomic E-state index is 0.0206. The predicted octanol–water partition coefficient (Wildman–Crippen LogP) is 5.44. The first-order valence-electron chi connectivity index (χ1n) is 8.81. The van der Waals surface area contributed by atoms with Crippen molar-refractivity contribution in [2.45, 2.75) is 9.79 Å². The van der Waals surface area contributed by atoms with Crippen LogP contribution >= 0.6 is 11.8 Å². The Balaban J connectivity index is 1.95. The van der Waals surface area contributed by atoms with Crippen LogP contribution in [0.4, 0.5) is 11.4 Å². The first kappa shape index (κ1) is 21.4. The van der Waals surface area contributed by atoms with Crippen molar-refractivity contribution in [1.29, 1.82) is 5.26 Å². The van der Waals surface area contributed by atoms with Gasteiger partial charge in [0.05, 0.1) is 14.7 Å². The number of rotatable bonds is 7. The second-order valence-electron chi connectivity index (χ2n) is 6.21. The summed E-state index contributed by atoms with van der Waals surface area (Å²) in [6.07, 6.45) is 1.23. The summed E-state index contributed by atoms with van der Waals surface area (Å²) in [5.41, 5.74) is -0.464. The van der Waals surface area contributed by atoms with Gasteiger partial charge in [-0.25, -0.2) is 0 Å². The van der Waals surface area contributed by atoms with E-state index in [9.17, 15) is 30.3 Å². The number of non-ortho nitro benzene ring substituents is 1. The van der Waals surface area contributed by atoms with Crippen LogP contribution in [0.1, 0.15) is 15.9 Å². The molecule has 31 heavy (non-hydrogen) atoms. The molecule has 0 aromatic heterocycles. The van der Waals surface area contributed by atoms with Crippen LogP contribution in [0.2, 0.25) is 0 Å². The number of carbonyl (C=O) groups excluding carboxylic acids is 1. The monoisotopic (exact) mass is 431 g/mol. The number of carbonyl (C=O) groups is 1. The standard InChI is InChI=1S/C22H13N3O5S/c23-14-17(22(26)16-5-4-6-18(13-16)24(27)28)11-15-9-10-21(20(12-15)25(29)30)31-19-7-2-1-3-8-19/h1-13H. The Kier molecular flexibility index (Phi) is 6.54. The molecule has 9 heteroatoms. The SMILES string of the molecule is N#CC(=Cc1ccc(Sc2ccccc2)c([N+](=O)[O-])c1)C(=O)c1cccc([N+](=O)[O-])c1. The van der Waals surface area contributed by atoms with Crippen molar-refractivity contribution >= 4 is 35.0 Å². The molecule has 0 spiro atoms. The summed E-state index contributed by atoms with van der Waals surface area (Å²) in [6, 6.07) is 20.3. The molecule has 0 saturated carbocycles. The summed E-state index contributed by atoms with van der Waals surface area (Å²) in [7, 11) is 0. The number of ketones is 1. The van der Waals surface area contributed by atoms with Crippen molar-refractivity contribution in [3.05, 3.63) is 110 Å². The third-order valence-electron chi connectivity index (χ3n) is 4.15. The molecule has 0 unspecified atom stereocenters. The van der Waals surface area contributed by atoms with Crippen molar-refractivity contribution in [3.63, 3.8) is 0 Å². The fraction of sp³-hybridized carbons (Fsp3) is 0. The van der Waals surface area contributed by atoms with Crippen LogP contribution in [-0.2, 0) is 0 Å². The molecular formula is C22H13N3O5S. The fourth-order valence-corrected chi connectivity index (χ4v) is 3.62. The first-order valence-corrected chi connectivity index (χ1v) is 9.63. The molecule has 0 atom stereocenters. The second kappa shape index (κ2) is 9.47. The smallest absolute Gasteiger partial charge is 0.283 e. The van der Waals surface area contributed by atoms with E-state index in [0.29, 0.717) is 10.5 Å². The van der Waals surface area contributed by atoms with Crippen molar-refractivity contribution in [1.82, 2.24) is 0 Å². The molecule has 152 valence electrons. The lowest BCUT2D eigenvalue weighted by molar-refractivity contribution is -0.387. The van der Waals surface area contributed by atoms with Crippen LogP contribution in [0.25, 0.3) is 6.08 Å². The van der Waals surface area contributed by atoms with Gasteiger partial charge in [0.25, 0.3) is 11.4 Å². The molecule has 0 amide bonds. The normalized spacial score (nSPS) is 10.9. The highest BCUT2D eigenvalue weighted by Crippen LogP contribution is 2.35. The van der Waals surface area contributed by atoms with Crippen molar-refractivity contribution in [2.24, 2.45) is 0 Å². The molecule has 3 aromatic rings. The molecule has 0 saturated heterocycles. The van der Waals surface area contributed by atoms with Gasteiger partial charge >= 0.3 is 0 Å². The molecule has 0 fully saturated rings. The van der Waals surface area contributed by atoms with E-state index in [1.54, 1.807) is 18.2 Å². The minimum atomic E-state index is -0.711. The summed E-state index contributed by atoms with van der Waals surface area (Å²) in [5.74, 6) is -0.711. The zero-order valence-corrected chi connectivity index (χ0v) is 16.6. The molecule has 0 radical (unpaired) electrons. The van der Waals surface area contributed by atoms with Gasteiger partial charge < -0.3 is 0 Å². The topological polar surface area (TPSA) is 127 Å². The summed E-state index contributed by atoms with van der Waals surface area (Å²) >= 11 is 1.23. The van der Waals surface area contributed by atoms with Gasteiger partial charge in [-0.1, -0.05) is 48.2 Å². The Bertz CT molecular complexity index is 1250. The van der Waals surface area contributed by atoms with Gasteiger partial charge in [-0.05, 0) is 29.8 Å². The number of hydrogen-bond acceptors (Lipinski definition) is 7. The summed E-state index contributed by atoms with van der Waals surface area (Å²) in [6.45, 7) is 0. The van der Waals surface area contributed by atoms with Crippen molar-refractivity contribution in [2.75, 3.05) is 0 Å². The molecule has 0 aliphatic heterocycles. The number of benzene rings is 3. The molecular weight excluding hydrogens is 418 g/mol. The van der Waals surface area contributed by atoms with E-state index in [-0.39, 0.29) is 22.5 Å². The Labute approximate surface area is 180 Å². The largest absolute Gasteiger partial charge is 0.288 e. The average Bonchev–Trinajstić information content (AvgIpc) is 2.78. The molecule has 0 aliphatic carbocycles. The van der Waals surface area contributed by atoms with E-state index < -0.39 is 15.6 Å². The maximum absolute atomic E-state index is 12.6. The number of allylic oxidation sites excluding steroid dienone is 1. The fourth-order valence-electron chi connectivity index (χ4n) is 2.70. The third kappa shape index (κ3) is 5.20. The molecule has 8 nitrogen and oxygen atoms in total. The van der Waals surface area contributed by atoms with Gasteiger partial charge in [-0.3, -0.25) is 25.0 Å². The van der Waals surface area contributed by atoms with E-state index in [4.69, 9.17) is 0 Å². The van der Waals surface area contributed by atoms with Gasteiger partial charge in [-0.2, -0.15) is 5.26 Å². The molecule has 3 rings (SSSR count). The lowest BCUT2D eigenvalue weighted by Crippen LogP contribution is -2.03. The Morgan fingerprint density at radius 3 is 2.32 bits per heavy atom. The number of nitro groups is 2. The zero-order valence-electron chi connectivity index (χ0n) is 15.8. The van der Waals surface area contributed by atoms with Crippen LogP contribution < -0.4 is 0 Å². The Morgan fingerprint density at radius 1 is 0.935 bits per heavy atom. The van der Waals surface area contributed by atoms with Gasteiger partial charge in [0, 0.05) is 28.7 Å². The van der Waals surface area contributed by atoms with Gasteiger partial charge in [0.2, 0.25) is 5.78 Å². The Morgan fingerprint density at radius 2 is 1.68 bits per heavy atom. The number of Topliss-reactive ketones (excluding diaryl/α,β-unsaturated/α-hetero) is 1. The lowest BCUT2D eigenvalue weighted by Gasteiger charge is -2.05. The lowest BCUT2D eigenvalue weighted by atomic mass is 10.0. The molecule has 0 N–H and O–H groups in total. The molecule has 0 heterocycles. The van der Waals surface area contributed by atoms with Crippen LogP contribution in [0.15, 0.2) is 88.2 Å². The van der Waals surface area contributed by atoms with E-state index in [1.807, 2.05) is 30.3 Å². The van der Waals surface area contributed by atoms with E-state index in [1.165, 1.54) is 42.1 Å². The number of hydrogen-bond donors (Lipinski definition) is 0.